The first kappa shape index (κ1) is 13.1. The van der Waals surface area contributed by atoms with E-state index >= 15 is 0 Å². The van der Waals surface area contributed by atoms with E-state index in [4.69, 9.17) is 21.1 Å². The van der Waals surface area contributed by atoms with Crippen LogP contribution in [0.25, 0.3) is 10.6 Å². The second kappa shape index (κ2) is 4.90. The lowest BCUT2D eigenvalue weighted by atomic mass is 10.2. The van der Waals surface area contributed by atoms with E-state index in [1.165, 1.54) is 0 Å². The predicted octanol–water partition coefficient (Wildman–Crippen LogP) is 4.24. The molecule has 1 aliphatic rings. The van der Waals surface area contributed by atoms with E-state index in [-0.39, 0.29) is 12.3 Å². The third-order valence-electron chi connectivity index (χ3n) is 2.97. The summed E-state index contributed by atoms with van der Waals surface area (Å²) in [7, 11) is 0. The van der Waals surface area contributed by atoms with Crippen LogP contribution in [0.5, 0.6) is 0 Å². The van der Waals surface area contributed by atoms with E-state index in [0.717, 1.165) is 10.6 Å². The van der Waals surface area contributed by atoms with Crippen molar-refractivity contribution in [3.8, 4) is 10.6 Å². The third kappa shape index (κ3) is 2.21. The molecule has 19 heavy (non-hydrogen) atoms. The minimum Gasteiger partial charge on any atom is -0.318 e. The van der Waals surface area contributed by atoms with Crippen LogP contribution in [0.15, 0.2) is 17.5 Å². The van der Waals surface area contributed by atoms with Crippen LogP contribution in [-0.2, 0) is 9.47 Å². The number of rotatable bonds is 3. The van der Waals surface area contributed by atoms with Crippen molar-refractivity contribution in [3.05, 3.63) is 28.2 Å². The molecule has 0 atom stereocenters. The van der Waals surface area contributed by atoms with Crippen molar-refractivity contribution < 1.29 is 9.47 Å². The Labute approximate surface area is 120 Å². The van der Waals surface area contributed by atoms with Gasteiger partial charge in [-0.1, -0.05) is 17.7 Å². The van der Waals surface area contributed by atoms with Gasteiger partial charge < -0.3 is 9.47 Å². The quantitative estimate of drug-likeness (QED) is 0.850. The van der Waals surface area contributed by atoms with E-state index in [1.807, 2.05) is 29.1 Å². The average Bonchev–Trinajstić information content (AvgIpc) is 2.92. The topological polar surface area (TPSA) is 36.3 Å². The van der Waals surface area contributed by atoms with Crippen LogP contribution in [0.2, 0.25) is 5.02 Å². The molecular weight excluding hydrogens is 284 g/mol. The fraction of sp³-hybridized carbons (Fsp3) is 0.462. The molecule has 4 nitrogen and oxygen atoms in total. The lowest BCUT2D eigenvalue weighted by molar-refractivity contribution is -0.384. The Morgan fingerprint density at radius 2 is 2.16 bits per heavy atom. The van der Waals surface area contributed by atoms with E-state index in [2.05, 4.69) is 18.9 Å². The zero-order valence-electron chi connectivity index (χ0n) is 11.0. The number of ether oxygens (including phenoxy) is 2. The monoisotopic (exact) mass is 298 g/mol. The first-order chi connectivity index (χ1) is 9.08. The molecule has 0 unspecified atom stereocenters. The second-order valence-electron chi connectivity index (χ2n) is 4.74. The van der Waals surface area contributed by atoms with Gasteiger partial charge in [-0.05, 0) is 32.2 Å². The number of halogens is 1. The molecule has 0 N–H and O–H groups in total. The standard InChI is InChI=1S/C13H15ClN2O2S/c1-7(2)16-12(9-5-4-6-19-9)10(14)11(15-16)13-17-8(3)18-13/h4-8,13H,1-3H3. The molecule has 3 rings (SSSR count). The van der Waals surface area contributed by atoms with Crippen molar-refractivity contribution in [2.45, 2.75) is 39.4 Å². The Bertz CT molecular complexity index is 574. The van der Waals surface area contributed by atoms with Crippen molar-refractivity contribution >= 4 is 22.9 Å². The zero-order valence-corrected chi connectivity index (χ0v) is 12.5. The summed E-state index contributed by atoms with van der Waals surface area (Å²) in [5.41, 5.74) is 1.60. The van der Waals surface area contributed by atoms with Crippen LogP contribution < -0.4 is 0 Å². The molecule has 1 fully saturated rings. The van der Waals surface area contributed by atoms with Gasteiger partial charge >= 0.3 is 0 Å². The third-order valence-corrected chi connectivity index (χ3v) is 4.22. The molecule has 1 aliphatic heterocycles. The summed E-state index contributed by atoms with van der Waals surface area (Å²) < 4.78 is 12.9. The molecule has 1 saturated heterocycles. The Kier molecular flexibility index (Phi) is 3.39. The van der Waals surface area contributed by atoms with Crippen molar-refractivity contribution in [2.24, 2.45) is 0 Å². The van der Waals surface area contributed by atoms with Gasteiger partial charge in [-0.15, -0.1) is 11.3 Å². The fourth-order valence-electron chi connectivity index (χ4n) is 2.08. The number of nitrogens with zero attached hydrogens (tertiary/aromatic N) is 2. The summed E-state index contributed by atoms with van der Waals surface area (Å²) in [4.78, 5) is 1.10. The first-order valence-electron chi connectivity index (χ1n) is 6.20. The zero-order chi connectivity index (χ0) is 13.6. The molecule has 0 saturated carbocycles. The Morgan fingerprint density at radius 3 is 2.68 bits per heavy atom. The van der Waals surface area contributed by atoms with Gasteiger partial charge in [-0.25, -0.2) is 0 Å². The summed E-state index contributed by atoms with van der Waals surface area (Å²) in [6, 6.07) is 4.27. The largest absolute Gasteiger partial charge is 0.318 e. The highest BCUT2D eigenvalue weighted by molar-refractivity contribution is 7.13. The number of thiophene rings is 1. The Balaban J connectivity index is 2.07. The maximum Gasteiger partial charge on any atom is 0.209 e. The van der Waals surface area contributed by atoms with Crippen molar-refractivity contribution in [1.29, 1.82) is 0 Å². The van der Waals surface area contributed by atoms with E-state index in [9.17, 15) is 0 Å². The summed E-state index contributed by atoms with van der Waals surface area (Å²) in [6.07, 6.45) is -0.628. The predicted molar refractivity (Wildman–Crippen MR) is 75.3 cm³/mol. The Hall–Kier alpha value is -0.880. The summed E-state index contributed by atoms with van der Waals surface area (Å²) >= 11 is 8.13. The highest BCUT2D eigenvalue weighted by Gasteiger charge is 2.35. The van der Waals surface area contributed by atoms with Gasteiger partial charge in [-0.3, -0.25) is 4.68 Å². The van der Waals surface area contributed by atoms with Crippen LogP contribution in [0.1, 0.15) is 38.8 Å². The maximum atomic E-state index is 6.48. The normalized spacial score (nSPS) is 22.8. The van der Waals surface area contributed by atoms with Crippen molar-refractivity contribution in [2.75, 3.05) is 0 Å². The minimum atomic E-state index is -0.443. The molecule has 0 bridgehead atoms. The van der Waals surface area contributed by atoms with E-state index < -0.39 is 6.29 Å². The fourth-order valence-corrected chi connectivity index (χ4v) is 3.22. The number of hydrogen-bond donors (Lipinski definition) is 0. The molecule has 0 spiro atoms. The van der Waals surface area contributed by atoms with Gasteiger partial charge in [0.05, 0.1) is 15.6 Å². The molecule has 102 valence electrons. The lowest BCUT2D eigenvalue weighted by Crippen LogP contribution is -2.32. The molecule has 2 aromatic rings. The SMILES string of the molecule is CC1OC(c2nn(C(C)C)c(-c3cccs3)c2Cl)O1. The molecule has 6 heteroatoms. The van der Waals surface area contributed by atoms with Gasteiger partial charge in [0.1, 0.15) is 5.69 Å². The highest BCUT2D eigenvalue weighted by atomic mass is 35.5. The van der Waals surface area contributed by atoms with E-state index in [0.29, 0.717) is 10.7 Å². The van der Waals surface area contributed by atoms with Crippen LogP contribution in [-0.4, -0.2) is 16.1 Å². The molecular formula is C13H15ClN2O2S. The number of hydrogen-bond acceptors (Lipinski definition) is 4. The van der Waals surface area contributed by atoms with Gasteiger partial charge in [0.15, 0.2) is 6.29 Å². The smallest absolute Gasteiger partial charge is 0.209 e. The summed E-state index contributed by atoms with van der Waals surface area (Å²) in [6.45, 7) is 6.01. The number of aromatic nitrogens is 2. The van der Waals surface area contributed by atoms with Crippen molar-refractivity contribution in [3.63, 3.8) is 0 Å². The molecule has 3 heterocycles. The minimum absolute atomic E-state index is 0.185. The Morgan fingerprint density at radius 1 is 1.42 bits per heavy atom. The van der Waals surface area contributed by atoms with Crippen LogP contribution >= 0.6 is 22.9 Å². The van der Waals surface area contributed by atoms with Crippen LogP contribution in [0.3, 0.4) is 0 Å². The van der Waals surface area contributed by atoms with Gasteiger partial charge in [0.25, 0.3) is 0 Å². The van der Waals surface area contributed by atoms with Gasteiger partial charge in [0, 0.05) is 6.04 Å². The van der Waals surface area contributed by atoms with Gasteiger partial charge in [-0.2, -0.15) is 5.10 Å². The van der Waals surface area contributed by atoms with Gasteiger partial charge in [0.2, 0.25) is 6.29 Å². The molecule has 2 aromatic heterocycles. The summed E-state index contributed by atoms with van der Waals surface area (Å²) in [5, 5.41) is 7.21. The molecule has 0 aliphatic carbocycles. The highest BCUT2D eigenvalue weighted by Crippen LogP contribution is 2.41. The molecule has 0 aromatic carbocycles. The lowest BCUT2D eigenvalue weighted by Gasteiger charge is -2.32. The first-order valence-corrected chi connectivity index (χ1v) is 7.46. The average molecular weight is 299 g/mol. The van der Waals surface area contributed by atoms with E-state index in [1.54, 1.807) is 11.3 Å². The van der Waals surface area contributed by atoms with Crippen LogP contribution in [0.4, 0.5) is 0 Å². The van der Waals surface area contributed by atoms with Crippen LogP contribution in [0, 0.1) is 0 Å². The molecule has 0 amide bonds. The second-order valence-corrected chi connectivity index (χ2v) is 6.06. The maximum absolute atomic E-state index is 6.48. The summed E-state index contributed by atoms with van der Waals surface area (Å²) in [5.74, 6) is 0. The van der Waals surface area contributed by atoms with Crippen molar-refractivity contribution in [1.82, 2.24) is 9.78 Å². The molecule has 0 radical (unpaired) electrons.